The Labute approximate surface area is 124 Å². The van der Waals surface area contributed by atoms with Crippen LogP contribution in [0.1, 0.15) is 40.0 Å². The van der Waals surface area contributed by atoms with Gasteiger partial charge in [-0.05, 0) is 46.2 Å². The quantitative estimate of drug-likeness (QED) is 0.497. The van der Waals surface area contributed by atoms with Gasteiger partial charge in [-0.1, -0.05) is 6.92 Å². The summed E-state index contributed by atoms with van der Waals surface area (Å²) in [5.74, 6) is 0. The highest BCUT2D eigenvalue weighted by molar-refractivity contribution is 7.87. The average molecular weight is 309 g/mol. The Morgan fingerprint density at radius 3 is 2.45 bits per heavy atom. The molecule has 0 unspecified atom stereocenters. The van der Waals surface area contributed by atoms with Crippen molar-refractivity contribution in [3.63, 3.8) is 0 Å². The maximum absolute atomic E-state index is 11.9. The number of unbranched alkanes of at least 4 members (excludes halogenated alkanes) is 1. The topological polar surface area (TPSA) is 70.7 Å². The molecule has 0 fully saturated rings. The van der Waals surface area contributed by atoms with Crippen molar-refractivity contribution < 1.29 is 13.2 Å². The fourth-order valence-electron chi connectivity index (χ4n) is 1.58. The molecule has 0 heterocycles. The molecule has 0 rings (SSSR count). The fraction of sp³-hybridized carbons (Fsp3) is 1.00. The monoisotopic (exact) mass is 309 g/mol. The van der Waals surface area contributed by atoms with Gasteiger partial charge in [-0.15, -0.1) is 0 Å². The first-order valence-corrected chi connectivity index (χ1v) is 8.87. The second kappa shape index (κ2) is 11.4. The van der Waals surface area contributed by atoms with Crippen molar-refractivity contribution in [1.29, 1.82) is 0 Å². The molecular weight excluding hydrogens is 278 g/mol. The van der Waals surface area contributed by atoms with Crippen molar-refractivity contribution in [3.05, 3.63) is 0 Å². The molecule has 0 aliphatic rings. The van der Waals surface area contributed by atoms with E-state index in [1.165, 1.54) is 4.31 Å². The van der Waals surface area contributed by atoms with Gasteiger partial charge in [-0.3, -0.25) is 0 Å². The highest BCUT2D eigenvalue weighted by Gasteiger charge is 2.15. The summed E-state index contributed by atoms with van der Waals surface area (Å²) >= 11 is 0. The summed E-state index contributed by atoms with van der Waals surface area (Å²) in [6.45, 7) is 9.43. The van der Waals surface area contributed by atoms with E-state index in [4.69, 9.17) is 4.74 Å². The molecule has 122 valence electrons. The first kappa shape index (κ1) is 19.8. The van der Waals surface area contributed by atoms with Crippen LogP contribution in [0, 0.1) is 0 Å². The number of ether oxygens (including phenoxy) is 1. The molecule has 0 atom stereocenters. The fourth-order valence-corrected chi connectivity index (χ4v) is 2.57. The summed E-state index contributed by atoms with van der Waals surface area (Å²) in [5.41, 5.74) is 0. The Kier molecular flexibility index (Phi) is 11.3. The van der Waals surface area contributed by atoms with Crippen molar-refractivity contribution in [1.82, 2.24) is 14.3 Å². The van der Waals surface area contributed by atoms with Crippen LogP contribution in [0.3, 0.4) is 0 Å². The SMILES string of the molecule is CCNCCCN(C)S(=O)(=O)NCCCCOC(C)C. The Hall–Kier alpha value is -0.210. The summed E-state index contributed by atoms with van der Waals surface area (Å²) in [6.07, 6.45) is 2.70. The Morgan fingerprint density at radius 2 is 1.85 bits per heavy atom. The van der Waals surface area contributed by atoms with Gasteiger partial charge in [0.15, 0.2) is 0 Å². The van der Waals surface area contributed by atoms with E-state index in [9.17, 15) is 8.42 Å². The second-order valence-electron chi connectivity index (χ2n) is 5.05. The van der Waals surface area contributed by atoms with Crippen LogP contribution in [-0.4, -0.2) is 58.7 Å². The minimum atomic E-state index is -3.34. The maximum atomic E-state index is 11.9. The lowest BCUT2D eigenvalue weighted by Crippen LogP contribution is -2.39. The van der Waals surface area contributed by atoms with Gasteiger partial charge in [-0.25, -0.2) is 4.72 Å². The van der Waals surface area contributed by atoms with Crippen molar-refractivity contribution >= 4 is 10.2 Å². The predicted molar refractivity (Wildman–Crippen MR) is 83.0 cm³/mol. The highest BCUT2D eigenvalue weighted by Crippen LogP contribution is 1.98. The molecule has 0 aromatic heterocycles. The molecule has 0 aliphatic heterocycles. The number of nitrogens with zero attached hydrogens (tertiary/aromatic N) is 1. The van der Waals surface area contributed by atoms with Crippen molar-refractivity contribution in [2.24, 2.45) is 0 Å². The smallest absolute Gasteiger partial charge is 0.279 e. The van der Waals surface area contributed by atoms with E-state index >= 15 is 0 Å². The van der Waals surface area contributed by atoms with Crippen LogP contribution in [0.25, 0.3) is 0 Å². The molecule has 0 aromatic rings. The van der Waals surface area contributed by atoms with E-state index < -0.39 is 10.2 Å². The zero-order valence-corrected chi connectivity index (χ0v) is 14.1. The van der Waals surface area contributed by atoms with Crippen LogP contribution in [0.15, 0.2) is 0 Å². The number of nitrogens with one attached hydrogen (secondary N) is 2. The minimum Gasteiger partial charge on any atom is -0.379 e. The van der Waals surface area contributed by atoms with Gasteiger partial charge in [0.05, 0.1) is 6.10 Å². The molecule has 0 radical (unpaired) electrons. The van der Waals surface area contributed by atoms with Gasteiger partial charge in [0.1, 0.15) is 0 Å². The van der Waals surface area contributed by atoms with Crippen molar-refractivity contribution in [2.45, 2.75) is 46.1 Å². The van der Waals surface area contributed by atoms with E-state index in [1.54, 1.807) is 7.05 Å². The van der Waals surface area contributed by atoms with Gasteiger partial charge in [0, 0.05) is 26.7 Å². The molecule has 0 saturated carbocycles. The second-order valence-corrected chi connectivity index (χ2v) is 6.92. The summed E-state index contributed by atoms with van der Waals surface area (Å²) < 4.78 is 33.2. The van der Waals surface area contributed by atoms with E-state index in [0.717, 1.165) is 32.4 Å². The zero-order valence-electron chi connectivity index (χ0n) is 13.3. The van der Waals surface area contributed by atoms with Crippen LogP contribution < -0.4 is 10.0 Å². The van der Waals surface area contributed by atoms with Crippen LogP contribution in [0.5, 0.6) is 0 Å². The van der Waals surface area contributed by atoms with Gasteiger partial charge >= 0.3 is 0 Å². The maximum Gasteiger partial charge on any atom is 0.279 e. The lowest BCUT2D eigenvalue weighted by molar-refractivity contribution is 0.0762. The zero-order chi connectivity index (χ0) is 15.4. The number of hydrogen-bond acceptors (Lipinski definition) is 4. The van der Waals surface area contributed by atoms with E-state index in [-0.39, 0.29) is 6.10 Å². The molecule has 0 aliphatic carbocycles. The first-order chi connectivity index (χ1) is 9.40. The van der Waals surface area contributed by atoms with Crippen LogP contribution >= 0.6 is 0 Å². The molecule has 2 N–H and O–H groups in total. The largest absolute Gasteiger partial charge is 0.379 e. The molecule has 0 bridgehead atoms. The van der Waals surface area contributed by atoms with Crippen LogP contribution in [0.4, 0.5) is 0 Å². The molecule has 20 heavy (non-hydrogen) atoms. The molecule has 0 aromatic carbocycles. The minimum absolute atomic E-state index is 0.231. The van der Waals surface area contributed by atoms with Crippen molar-refractivity contribution in [2.75, 3.05) is 39.8 Å². The Balaban J connectivity index is 3.71. The van der Waals surface area contributed by atoms with Gasteiger partial charge in [0.25, 0.3) is 10.2 Å². The highest BCUT2D eigenvalue weighted by atomic mass is 32.2. The van der Waals surface area contributed by atoms with E-state index in [2.05, 4.69) is 10.0 Å². The predicted octanol–water partition coefficient (Wildman–Crippen LogP) is 0.957. The van der Waals surface area contributed by atoms with Crippen LogP contribution in [0.2, 0.25) is 0 Å². The molecule has 7 heteroatoms. The number of rotatable bonds is 13. The standard InChI is InChI=1S/C13H31N3O3S/c1-5-14-9-8-11-16(4)20(17,18)15-10-6-7-12-19-13(2)3/h13-15H,5-12H2,1-4H3. The number of hydrogen-bond donors (Lipinski definition) is 2. The Morgan fingerprint density at radius 1 is 1.15 bits per heavy atom. The summed E-state index contributed by atoms with van der Waals surface area (Å²) in [4.78, 5) is 0. The van der Waals surface area contributed by atoms with E-state index in [0.29, 0.717) is 19.7 Å². The summed E-state index contributed by atoms with van der Waals surface area (Å²) in [6, 6.07) is 0. The third-order valence-corrected chi connectivity index (χ3v) is 4.37. The van der Waals surface area contributed by atoms with Crippen LogP contribution in [-0.2, 0) is 14.9 Å². The summed E-state index contributed by atoms with van der Waals surface area (Å²) in [7, 11) is -1.73. The normalized spacial score (nSPS) is 12.5. The first-order valence-electron chi connectivity index (χ1n) is 7.43. The van der Waals surface area contributed by atoms with Gasteiger partial charge < -0.3 is 10.1 Å². The molecular formula is C13H31N3O3S. The molecule has 0 saturated heterocycles. The van der Waals surface area contributed by atoms with Crippen molar-refractivity contribution in [3.8, 4) is 0 Å². The third-order valence-electron chi connectivity index (χ3n) is 2.79. The summed E-state index contributed by atoms with van der Waals surface area (Å²) in [5, 5.41) is 3.17. The van der Waals surface area contributed by atoms with E-state index in [1.807, 2.05) is 20.8 Å². The molecule has 0 amide bonds. The van der Waals surface area contributed by atoms with Gasteiger partial charge in [-0.2, -0.15) is 12.7 Å². The average Bonchev–Trinajstić information content (AvgIpc) is 2.38. The lowest BCUT2D eigenvalue weighted by Gasteiger charge is -2.17. The molecule has 6 nitrogen and oxygen atoms in total. The Bertz CT molecular complexity index is 321. The lowest BCUT2D eigenvalue weighted by atomic mass is 10.3. The third kappa shape index (κ3) is 10.6. The molecule has 0 spiro atoms. The van der Waals surface area contributed by atoms with Gasteiger partial charge in [0.2, 0.25) is 0 Å².